The van der Waals surface area contributed by atoms with Crippen LogP contribution in [0.15, 0.2) is 30.4 Å². The van der Waals surface area contributed by atoms with Crippen LogP contribution < -0.4 is 4.90 Å². The Hall–Kier alpha value is -1.75. The first-order valence-corrected chi connectivity index (χ1v) is 4.91. The first kappa shape index (κ1) is 11.3. The maximum absolute atomic E-state index is 8.82. The van der Waals surface area contributed by atoms with Gasteiger partial charge in [0.2, 0.25) is 0 Å². The van der Waals surface area contributed by atoms with E-state index in [1.165, 1.54) is 0 Å². The van der Waals surface area contributed by atoms with Crippen LogP contribution in [0, 0.1) is 18.3 Å². The number of aryl methyl sites for hydroxylation is 1. The summed E-state index contributed by atoms with van der Waals surface area (Å²) in [6.07, 6.45) is 0. The summed E-state index contributed by atoms with van der Waals surface area (Å²) in [6, 6.07) is 8.02. The van der Waals surface area contributed by atoms with Crippen molar-refractivity contribution >= 4 is 5.69 Å². The van der Waals surface area contributed by atoms with E-state index >= 15 is 0 Å². The summed E-state index contributed by atoms with van der Waals surface area (Å²) >= 11 is 0. The fourth-order valence-electron chi connectivity index (χ4n) is 1.51. The molecule has 1 rings (SSSR count). The Morgan fingerprint density at radius 2 is 2.20 bits per heavy atom. The van der Waals surface area contributed by atoms with Gasteiger partial charge >= 0.3 is 0 Å². The van der Waals surface area contributed by atoms with Crippen LogP contribution in [0.4, 0.5) is 5.69 Å². The van der Waals surface area contributed by atoms with Crippen LogP contribution in [0.25, 0.3) is 0 Å². The quantitative estimate of drug-likeness (QED) is 0.701. The van der Waals surface area contributed by atoms with Gasteiger partial charge in [-0.25, -0.2) is 0 Å². The van der Waals surface area contributed by atoms with Crippen molar-refractivity contribution in [3.05, 3.63) is 41.5 Å². The molecule has 0 aromatic heterocycles. The molecule has 0 aliphatic carbocycles. The predicted molar refractivity (Wildman–Crippen MR) is 64.0 cm³/mol. The Morgan fingerprint density at radius 3 is 2.67 bits per heavy atom. The molecule has 78 valence electrons. The molecule has 2 nitrogen and oxygen atoms in total. The molecule has 2 heteroatoms. The van der Waals surface area contributed by atoms with Crippen LogP contribution in [0.3, 0.4) is 0 Å². The summed E-state index contributed by atoms with van der Waals surface area (Å²) in [5.74, 6) is 0. The molecule has 0 atom stereocenters. The lowest BCUT2D eigenvalue weighted by atomic mass is 10.1. The van der Waals surface area contributed by atoms with Gasteiger partial charge in [-0.3, -0.25) is 0 Å². The van der Waals surface area contributed by atoms with Crippen molar-refractivity contribution in [2.45, 2.75) is 13.8 Å². The van der Waals surface area contributed by atoms with Crippen LogP contribution >= 0.6 is 0 Å². The monoisotopic (exact) mass is 200 g/mol. The van der Waals surface area contributed by atoms with E-state index in [0.29, 0.717) is 0 Å². The molecule has 0 fully saturated rings. The lowest BCUT2D eigenvalue weighted by Gasteiger charge is -2.19. The Bertz CT molecular complexity index is 413. The van der Waals surface area contributed by atoms with Crippen LogP contribution in [-0.2, 0) is 0 Å². The Balaban J connectivity index is 2.93. The number of hydrogen-bond donors (Lipinski definition) is 0. The van der Waals surface area contributed by atoms with Crippen molar-refractivity contribution in [3.63, 3.8) is 0 Å². The zero-order valence-corrected chi connectivity index (χ0v) is 9.54. The van der Waals surface area contributed by atoms with Gasteiger partial charge in [-0.2, -0.15) is 5.26 Å². The second-order valence-electron chi connectivity index (χ2n) is 3.92. The van der Waals surface area contributed by atoms with Crippen LogP contribution in [0.5, 0.6) is 0 Å². The Labute approximate surface area is 91.4 Å². The number of anilines is 1. The normalized spacial score (nSPS) is 9.47. The third-order valence-electron chi connectivity index (χ3n) is 2.28. The lowest BCUT2D eigenvalue weighted by molar-refractivity contribution is 0.984. The van der Waals surface area contributed by atoms with Crippen molar-refractivity contribution in [3.8, 4) is 6.07 Å². The van der Waals surface area contributed by atoms with E-state index < -0.39 is 0 Å². The summed E-state index contributed by atoms with van der Waals surface area (Å²) in [5.41, 5.74) is 4.00. The van der Waals surface area contributed by atoms with Gasteiger partial charge in [0, 0.05) is 19.3 Å². The van der Waals surface area contributed by atoms with Crippen molar-refractivity contribution in [2.24, 2.45) is 0 Å². The molecule has 0 aliphatic rings. The molecule has 1 aromatic carbocycles. The molecule has 0 heterocycles. The van der Waals surface area contributed by atoms with E-state index in [-0.39, 0.29) is 0 Å². The largest absolute Gasteiger partial charge is 0.371 e. The second-order valence-corrected chi connectivity index (χ2v) is 3.92. The van der Waals surface area contributed by atoms with Gasteiger partial charge in [0.1, 0.15) is 0 Å². The third kappa shape index (κ3) is 2.85. The summed E-state index contributed by atoms with van der Waals surface area (Å²) in [6.45, 7) is 8.68. The van der Waals surface area contributed by atoms with E-state index in [4.69, 9.17) is 5.26 Å². The number of hydrogen-bond acceptors (Lipinski definition) is 2. The van der Waals surface area contributed by atoms with Crippen molar-refractivity contribution in [1.29, 1.82) is 5.26 Å². The topological polar surface area (TPSA) is 27.0 Å². The summed E-state index contributed by atoms with van der Waals surface area (Å²) in [4.78, 5) is 2.12. The average molecular weight is 200 g/mol. The second kappa shape index (κ2) is 4.65. The molecule has 1 aromatic rings. The SMILES string of the molecule is C=C(C)CN(C)c1ccc(C#N)c(C)c1. The fraction of sp³-hybridized carbons (Fsp3) is 0.308. The van der Waals surface area contributed by atoms with Gasteiger partial charge in [-0.15, -0.1) is 0 Å². The first-order valence-electron chi connectivity index (χ1n) is 4.91. The number of rotatable bonds is 3. The molecule has 0 unspecified atom stereocenters. The van der Waals surface area contributed by atoms with Crippen molar-refractivity contribution in [2.75, 3.05) is 18.5 Å². The van der Waals surface area contributed by atoms with Gasteiger partial charge < -0.3 is 4.90 Å². The van der Waals surface area contributed by atoms with Crippen molar-refractivity contribution in [1.82, 2.24) is 0 Å². The molecular weight excluding hydrogens is 184 g/mol. The molecule has 0 saturated carbocycles. The zero-order chi connectivity index (χ0) is 11.4. The van der Waals surface area contributed by atoms with E-state index in [1.807, 2.05) is 39.1 Å². The molecule has 0 saturated heterocycles. The van der Waals surface area contributed by atoms with Crippen LogP contribution in [0.1, 0.15) is 18.1 Å². The predicted octanol–water partition coefficient (Wildman–Crippen LogP) is 2.88. The minimum Gasteiger partial charge on any atom is -0.371 e. The Morgan fingerprint density at radius 1 is 1.53 bits per heavy atom. The fourth-order valence-corrected chi connectivity index (χ4v) is 1.51. The molecule has 0 radical (unpaired) electrons. The van der Waals surface area contributed by atoms with Crippen LogP contribution in [0.2, 0.25) is 0 Å². The maximum atomic E-state index is 8.82. The van der Waals surface area contributed by atoms with E-state index in [1.54, 1.807) is 0 Å². The van der Waals surface area contributed by atoms with Crippen molar-refractivity contribution < 1.29 is 0 Å². The summed E-state index contributed by atoms with van der Waals surface area (Å²) < 4.78 is 0. The van der Waals surface area contributed by atoms with E-state index in [9.17, 15) is 0 Å². The maximum Gasteiger partial charge on any atom is 0.0994 e. The van der Waals surface area contributed by atoms with Gasteiger partial charge in [0.15, 0.2) is 0 Å². The number of benzene rings is 1. The molecule has 0 N–H and O–H groups in total. The van der Waals surface area contributed by atoms with Crippen LogP contribution in [-0.4, -0.2) is 13.6 Å². The smallest absolute Gasteiger partial charge is 0.0994 e. The van der Waals surface area contributed by atoms with E-state index in [0.717, 1.165) is 28.9 Å². The molecule has 0 amide bonds. The lowest BCUT2D eigenvalue weighted by Crippen LogP contribution is -2.19. The summed E-state index contributed by atoms with van der Waals surface area (Å²) in [7, 11) is 2.02. The minimum absolute atomic E-state index is 0.738. The number of nitrogens with zero attached hydrogens (tertiary/aromatic N) is 2. The third-order valence-corrected chi connectivity index (χ3v) is 2.28. The van der Waals surface area contributed by atoms with E-state index in [2.05, 4.69) is 17.5 Å². The summed E-state index contributed by atoms with van der Waals surface area (Å²) in [5, 5.41) is 8.82. The average Bonchev–Trinajstić information content (AvgIpc) is 2.16. The minimum atomic E-state index is 0.738. The Kier molecular flexibility index (Phi) is 3.51. The first-order chi connectivity index (χ1) is 7.04. The van der Waals surface area contributed by atoms with Gasteiger partial charge in [0.25, 0.3) is 0 Å². The highest BCUT2D eigenvalue weighted by atomic mass is 15.1. The molecule has 0 bridgehead atoms. The molecule has 15 heavy (non-hydrogen) atoms. The molecule has 0 spiro atoms. The van der Waals surface area contributed by atoms with Gasteiger partial charge in [-0.05, 0) is 37.6 Å². The van der Waals surface area contributed by atoms with Gasteiger partial charge in [-0.1, -0.05) is 12.2 Å². The number of nitriles is 1. The molecular formula is C13H16N2. The zero-order valence-electron chi connectivity index (χ0n) is 9.54. The molecule has 0 aliphatic heterocycles. The standard InChI is InChI=1S/C13H16N2/c1-10(2)9-15(4)13-6-5-12(8-14)11(3)7-13/h5-7H,1,9H2,2-4H3. The number of likely N-dealkylation sites (N-methyl/N-ethyl adjacent to an activating group) is 1. The highest BCUT2D eigenvalue weighted by Gasteiger charge is 2.03. The highest BCUT2D eigenvalue weighted by Crippen LogP contribution is 2.18. The highest BCUT2D eigenvalue weighted by molar-refractivity contribution is 5.53. The van der Waals surface area contributed by atoms with Gasteiger partial charge in [0.05, 0.1) is 11.6 Å².